The Morgan fingerprint density at radius 3 is 2.33 bits per heavy atom. The largest absolute Gasteiger partial charge is 0.325 e. The van der Waals surface area contributed by atoms with Crippen molar-refractivity contribution >= 4 is 46.6 Å². The molecule has 7 heteroatoms. The molecule has 140 valence electrons. The third-order valence-electron chi connectivity index (χ3n) is 6.52. The third-order valence-corrected chi connectivity index (χ3v) is 7.08. The highest BCUT2D eigenvalue weighted by molar-refractivity contribution is 6.35. The maximum Gasteiger partial charge on any atom is 0.233 e. The quantitative estimate of drug-likeness (QED) is 0.617. The smallest absolute Gasteiger partial charge is 0.233 e. The molecule has 0 radical (unpaired) electrons. The van der Waals surface area contributed by atoms with Gasteiger partial charge >= 0.3 is 0 Å². The van der Waals surface area contributed by atoms with Crippen molar-refractivity contribution in [2.75, 3.05) is 11.9 Å². The van der Waals surface area contributed by atoms with Crippen LogP contribution in [0, 0.1) is 35.5 Å². The van der Waals surface area contributed by atoms with Crippen LogP contribution in [-0.2, 0) is 14.4 Å². The molecule has 6 atom stereocenters. The second-order valence-corrected chi connectivity index (χ2v) is 8.75. The van der Waals surface area contributed by atoms with Gasteiger partial charge in [-0.15, -0.1) is 0 Å². The van der Waals surface area contributed by atoms with Gasteiger partial charge in [-0.1, -0.05) is 35.4 Å². The molecule has 5 aliphatic rings. The van der Waals surface area contributed by atoms with Crippen molar-refractivity contribution in [3.63, 3.8) is 0 Å². The van der Waals surface area contributed by atoms with E-state index in [0.717, 1.165) is 6.42 Å². The van der Waals surface area contributed by atoms with Crippen LogP contribution in [-0.4, -0.2) is 29.2 Å². The van der Waals surface area contributed by atoms with E-state index in [2.05, 4.69) is 17.5 Å². The maximum absolute atomic E-state index is 12.9. The number of nitrogens with one attached hydrogen (secondary N) is 1. The molecule has 1 N–H and O–H groups in total. The van der Waals surface area contributed by atoms with Gasteiger partial charge in [-0.3, -0.25) is 19.3 Å². The minimum atomic E-state index is -0.307. The number of benzene rings is 1. The van der Waals surface area contributed by atoms with Crippen molar-refractivity contribution in [3.05, 3.63) is 40.4 Å². The summed E-state index contributed by atoms with van der Waals surface area (Å²) < 4.78 is 0. The van der Waals surface area contributed by atoms with Crippen LogP contribution in [0.3, 0.4) is 0 Å². The minimum absolute atomic E-state index is 0.0371. The van der Waals surface area contributed by atoms with E-state index in [1.807, 2.05) is 0 Å². The van der Waals surface area contributed by atoms with Crippen molar-refractivity contribution in [3.8, 4) is 0 Å². The van der Waals surface area contributed by atoms with E-state index < -0.39 is 0 Å². The highest BCUT2D eigenvalue weighted by Gasteiger charge is 2.66. The first-order chi connectivity index (χ1) is 13.0. The molecule has 4 aliphatic carbocycles. The Labute approximate surface area is 166 Å². The minimum Gasteiger partial charge on any atom is -0.325 e. The highest BCUT2D eigenvalue weighted by atomic mass is 35.5. The van der Waals surface area contributed by atoms with Gasteiger partial charge in [0, 0.05) is 18.0 Å². The lowest BCUT2D eigenvalue weighted by Gasteiger charge is -2.37. The van der Waals surface area contributed by atoms with Gasteiger partial charge in [0.05, 0.1) is 22.5 Å². The summed E-state index contributed by atoms with van der Waals surface area (Å²) in [4.78, 5) is 39.3. The third kappa shape index (κ3) is 2.63. The number of carbonyl (C=O) groups is 3. The summed E-state index contributed by atoms with van der Waals surface area (Å²) in [6, 6.07) is 4.81. The Hall–Kier alpha value is -1.85. The van der Waals surface area contributed by atoms with E-state index in [1.54, 1.807) is 18.2 Å². The summed E-state index contributed by atoms with van der Waals surface area (Å²) in [7, 11) is 0. The zero-order valence-electron chi connectivity index (χ0n) is 14.4. The SMILES string of the molecule is O=C(CCN1C(=O)[C@H]2[C@@H]3C=C[C@H]([C@H]4C[C@H]34)[C@@H]2C1=O)Nc1cc(Cl)ccc1Cl. The molecule has 0 spiro atoms. The Morgan fingerprint density at radius 2 is 1.70 bits per heavy atom. The summed E-state index contributed by atoms with van der Waals surface area (Å²) in [5.74, 6) is 0.585. The first-order valence-electron chi connectivity index (χ1n) is 9.24. The van der Waals surface area contributed by atoms with Gasteiger partial charge in [0.15, 0.2) is 0 Å². The number of rotatable bonds is 4. The first-order valence-corrected chi connectivity index (χ1v) is 10.00. The van der Waals surface area contributed by atoms with Crippen molar-refractivity contribution < 1.29 is 14.4 Å². The van der Waals surface area contributed by atoms with Crippen LogP contribution in [0.1, 0.15) is 12.8 Å². The number of allylic oxidation sites excluding steroid dienone is 2. The van der Waals surface area contributed by atoms with Crippen LogP contribution in [0.4, 0.5) is 5.69 Å². The molecule has 5 nitrogen and oxygen atoms in total. The average molecular weight is 405 g/mol. The van der Waals surface area contributed by atoms with Crippen LogP contribution in [0.5, 0.6) is 0 Å². The Balaban J connectivity index is 1.26. The number of likely N-dealkylation sites (tertiary alicyclic amines) is 1. The molecule has 1 saturated heterocycles. The monoisotopic (exact) mass is 404 g/mol. The van der Waals surface area contributed by atoms with Crippen LogP contribution in [0.2, 0.25) is 10.0 Å². The fraction of sp³-hybridized carbons (Fsp3) is 0.450. The lowest BCUT2D eigenvalue weighted by Crippen LogP contribution is -2.40. The predicted molar refractivity (Wildman–Crippen MR) is 101 cm³/mol. The Bertz CT molecular complexity index is 863. The standard InChI is InChI=1S/C20H18Cl2N2O3/c21-9-1-4-14(22)15(7-9)23-16(25)5-6-24-19(26)17-10-2-3-11(13-8-12(10)13)18(17)20(24)27/h1-4,7,10-13,17-18H,5-6,8H2,(H,23,25)/t10-,11-,12-,13-,17+,18+/m1/s1. The summed E-state index contributed by atoms with van der Waals surface area (Å²) in [6.45, 7) is 0.101. The molecule has 2 bridgehead atoms. The second-order valence-electron chi connectivity index (χ2n) is 7.91. The van der Waals surface area contributed by atoms with Crippen LogP contribution in [0.25, 0.3) is 0 Å². The molecule has 1 heterocycles. The normalized spacial score (nSPS) is 35.3. The summed E-state index contributed by atoms with van der Waals surface area (Å²) in [5.41, 5.74) is 0.421. The maximum atomic E-state index is 12.9. The zero-order chi connectivity index (χ0) is 18.9. The van der Waals surface area contributed by atoms with Gasteiger partial charge in [0.2, 0.25) is 17.7 Å². The summed E-state index contributed by atoms with van der Waals surface area (Å²) in [6.07, 6.45) is 5.46. The van der Waals surface area contributed by atoms with E-state index in [-0.39, 0.29) is 54.4 Å². The summed E-state index contributed by atoms with van der Waals surface area (Å²) in [5, 5.41) is 3.54. The van der Waals surface area contributed by atoms with E-state index in [9.17, 15) is 14.4 Å². The molecule has 3 amide bonds. The van der Waals surface area contributed by atoms with Crippen LogP contribution in [0.15, 0.2) is 30.4 Å². The Morgan fingerprint density at radius 1 is 1.07 bits per heavy atom. The fourth-order valence-electron chi connectivity index (χ4n) is 5.26. The van der Waals surface area contributed by atoms with Gasteiger partial charge < -0.3 is 5.32 Å². The number of halogens is 2. The molecule has 1 aliphatic heterocycles. The van der Waals surface area contributed by atoms with E-state index in [1.165, 1.54) is 4.90 Å². The number of amides is 3. The molecule has 0 unspecified atom stereocenters. The summed E-state index contributed by atoms with van der Waals surface area (Å²) >= 11 is 12.0. The lowest BCUT2D eigenvalue weighted by molar-refractivity contribution is -0.140. The van der Waals surface area contributed by atoms with Crippen LogP contribution >= 0.6 is 23.2 Å². The van der Waals surface area contributed by atoms with E-state index in [4.69, 9.17) is 23.2 Å². The molecule has 1 aromatic carbocycles. The zero-order valence-corrected chi connectivity index (χ0v) is 15.9. The average Bonchev–Trinajstić information content (AvgIpc) is 3.42. The van der Waals surface area contributed by atoms with Gasteiger partial charge in [-0.25, -0.2) is 0 Å². The molecule has 6 rings (SSSR count). The van der Waals surface area contributed by atoms with Crippen molar-refractivity contribution in [2.45, 2.75) is 12.8 Å². The first kappa shape index (κ1) is 17.3. The molecule has 3 fully saturated rings. The second kappa shape index (κ2) is 6.08. The number of imide groups is 1. The van der Waals surface area contributed by atoms with E-state index >= 15 is 0 Å². The van der Waals surface area contributed by atoms with Gasteiger partial charge in [0.25, 0.3) is 0 Å². The van der Waals surface area contributed by atoms with Crippen molar-refractivity contribution in [1.82, 2.24) is 4.90 Å². The number of nitrogens with zero attached hydrogens (tertiary/aromatic N) is 1. The van der Waals surface area contributed by atoms with E-state index in [0.29, 0.717) is 27.6 Å². The molecule has 1 aromatic rings. The number of hydrogen-bond acceptors (Lipinski definition) is 3. The molecule has 27 heavy (non-hydrogen) atoms. The number of anilines is 1. The number of carbonyl (C=O) groups excluding carboxylic acids is 3. The van der Waals surface area contributed by atoms with Crippen molar-refractivity contribution in [2.24, 2.45) is 35.5 Å². The molecular weight excluding hydrogens is 387 g/mol. The fourth-order valence-corrected chi connectivity index (χ4v) is 5.60. The topological polar surface area (TPSA) is 66.5 Å². The highest BCUT2D eigenvalue weighted by Crippen LogP contribution is 2.65. The van der Waals surface area contributed by atoms with Crippen LogP contribution < -0.4 is 5.32 Å². The van der Waals surface area contributed by atoms with Gasteiger partial charge in [-0.2, -0.15) is 0 Å². The van der Waals surface area contributed by atoms with Gasteiger partial charge in [0.1, 0.15) is 0 Å². The molecular formula is C20H18Cl2N2O3. The number of hydrogen-bond donors (Lipinski definition) is 1. The molecule has 2 saturated carbocycles. The van der Waals surface area contributed by atoms with Crippen molar-refractivity contribution in [1.29, 1.82) is 0 Å². The Kier molecular flexibility index (Phi) is 3.89. The molecule has 0 aromatic heterocycles. The lowest BCUT2D eigenvalue weighted by atomic mass is 9.63. The van der Waals surface area contributed by atoms with Gasteiger partial charge in [-0.05, 0) is 48.3 Å². The predicted octanol–water partition coefficient (Wildman–Crippen LogP) is 3.38.